The molecular formula is C15H20ClNO2S. The van der Waals surface area contributed by atoms with Crippen LogP contribution >= 0.6 is 11.6 Å². The highest BCUT2D eigenvalue weighted by Crippen LogP contribution is 2.34. The van der Waals surface area contributed by atoms with Crippen molar-refractivity contribution in [2.24, 2.45) is 5.92 Å². The molecular weight excluding hydrogens is 294 g/mol. The Balaban J connectivity index is 1.79. The van der Waals surface area contributed by atoms with Crippen LogP contribution < -0.4 is 5.32 Å². The quantitative estimate of drug-likeness (QED) is 0.909. The minimum Gasteiger partial charge on any atom is -0.313 e. The normalized spacial score (nSPS) is 26.6. The minimum atomic E-state index is -2.84. The highest BCUT2D eigenvalue weighted by atomic mass is 35.5. The number of hydrogen-bond donors (Lipinski definition) is 1. The maximum absolute atomic E-state index is 11.7. The summed E-state index contributed by atoms with van der Waals surface area (Å²) >= 11 is 6.09. The lowest BCUT2D eigenvalue weighted by Gasteiger charge is -2.24. The Labute approximate surface area is 125 Å². The van der Waals surface area contributed by atoms with E-state index in [0.29, 0.717) is 17.5 Å². The summed E-state index contributed by atoms with van der Waals surface area (Å²) < 4.78 is 23.5. The monoisotopic (exact) mass is 313 g/mol. The first-order valence-electron chi connectivity index (χ1n) is 7.23. The van der Waals surface area contributed by atoms with Gasteiger partial charge >= 0.3 is 0 Å². The van der Waals surface area contributed by atoms with E-state index in [4.69, 9.17) is 11.6 Å². The summed E-state index contributed by atoms with van der Waals surface area (Å²) in [6.45, 7) is 0.852. The zero-order valence-electron chi connectivity index (χ0n) is 11.4. The molecule has 3 rings (SSSR count). The zero-order valence-corrected chi connectivity index (χ0v) is 13.0. The molecule has 2 unspecified atom stereocenters. The van der Waals surface area contributed by atoms with Gasteiger partial charge in [0.15, 0.2) is 9.84 Å². The number of halogens is 1. The molecule has 110 valence electrons. The van der Waals surface area contributed by atoms with Crippen LogP contribution in [0.2, 0.25) is 5.02 Å². The second kappa shape index (κ2) is 5.66. The maximum Gasteiger partial charge on any atom is 0.150 e. The van der Waals surface area contributed by atoms with Gasteiger partial charge in [0.25, 0.3) is 0 Å². The van der Waals surface area contributed by atoms with Gasteiger partial charge in [0.05, 0.1) is 11.5 Å². The average molecular weight is 314 g/mol. The summed E-state index contributed by atoms with van der Waals surface area (Å²) in [6, 6.07) is 8.49. The highest BCUT2D eigenvalue weighted by Gasteiger charge is 2.35. The van der Waals surface area contributed by atoms with E-state index in [1.807, 2.05) is 18.2 Å². The fourth-order valence-corrected chi connectivity index (χ4v) is 5.09. The number of hydrogen-bond acceptors (Lipinski definition) is 3. The van der Waals surface area contributed by atoms with Crippen molar-refractivity contribution in [2.45, 2.75) is 31.2 Å². The number of rotatable bonds is 5. The van der Waals surface area contributed by atoms with Gasteiger partial charge in [-0.1, -0.05) is 23.7 Å². The third-order valence-corrected chi connectivity index (χ3v) is 6.35. The lowest BCUT2D eigenvalue weighted by molar-refractivity contribution is 0.437. The Morgan fingerprint density at radius 1 is 1.30 bits per heavy atom. The Morgan fingerprint density at radius 2 is 2.10 bits per heavy atom. The number of nitrogens with one attached hydrogen (secondary N) is 1. The Hall–Kier alpha value is -0.580. The number of sulfone groups is 1. The van der Waals surface area contributed by atoms with Crippen LogP contribution in [0.4, 0.5) is 0 Å². The fraction of sp³-hybridized carbons (Fsp3) is 0.600. The zero-order chi connectivity index (χ0) is 14.2. The van der Waals surface area contributed by atoms with Crippen molar-refractivity contribution in [3.8, 4) is 0 Å². The summed E-state index contributed by atoms with van der Waals surface area (Å²) in [4.78, 5) is 0. The van der Waals surface area contributed by atoms with Crippen LogP contribution in [0, 0.1) is 5.92 Å². The van der Waals surface area contributed by atoms with Crippen molar-refractivity contribution in [1.82, 2.24) is 5.32 Å². The fourth-order valence-electron chi connectivity index (χ4n) is 3.02. The van der Waals surface area contributed by atoms with Gasteiger partial charge in [-0.15, -0.1) is 0 Å². The van der Waals surface area contributed by atoms with Crippen LogP contribution in [0.3, 0.4) is 0 Å². The van der Waals surface area contributed by atoms with Gasteiger partial charge in [0.2, 0.25) is 0 Å². The summed E-state index contributed by atoms with van der Waals surface area (Å²) in [5, 5.41) is 4.26. The predicted octanol–water partition coefficient (Wildman–Crippen LogP) is 2.61. The van der Waals surface area contributed by atoms with Crippen molar-refractivity contribution in [3.05, 3.63) is 34.9 Å². The largest absolute Gasteiger partial charge is 0.313 e. The first-order valence-corrected chi connectivity index (χ1v) is 9.43. The number of benzene rings is 1. The van der Waals surface area contributed by atoms with Crippen molar-refractivity contribution in [3.63, 3.8) is 0 Å². The molecule has 1 saturated heterocycles. The highest BCUT2D eigenvalue weighted by molar-refractivity contribution is 7.91. The molecule has 20 heavy (non-hydrogen) atoms. The minimum absolute atomic E-state index is 0.213. The lowest BCUT2D eigenvalue weighted by Crippen LogP contribution is -2.28. The van der Waals surface area contributed by atoms with Crippen molar-refractivity contribution in [2.75, 3.05) is 18.1 Å². The second-order valence-electron chi connectivity index (χ2n) is 6.01. The summed E-state index contributed by atoms with van der Waals surface area (Å²) in [7, 11) is -2.84. The van der Waals surface area contributed by atoms with Gasteiger partial charge in [0, 0.05) is 23.5 Å². The van der Waals surface area contributed by atoms with Crippen molar-refractivity contribution < 1.29 is 8.42 Å². The molecule has 5 heteroatoms. The van der Waals surface area contributed by atoms with Crippen LogP contribution in [-0.2, 0) is 9.84 Å². The summed E-state index contributed by atoms with van der Waals surface area (Å²) in [6.07, 6.45) is 3.25. The lowest BCUT2D eigenvalue weighted by atomic mass is 9.85. The van der Waals surface area contributed by atoms with E-state index in [2.05, 4.69) is 11.4 Å². The Kier molecular flexibility index (Phi) is 4.07. The van der Waals surface area contributed by atoms with Gasteiger partial charge in [0.1, 0.15) is 0 Å². The van der Waals surface area contributed by atoms with Crippen LogP contribution in [0.25, 0.3) is 0 Å². The van der Waals surface area contributed by atoms with E-state index in [-0.39, 0.29) is 11.8 Å². The van der Waals surface area contributed by atoms with Gasteiger partial charge in [-0.2, -0.15) is 0 Å². The van der Waals surface area contributed by atoms with E-state index in [1.165, 1.54) is 12.8 Å². The molecule has 1 aromatic carbocycles. The predicted molar refractivity (Wildman–Crippen MR) is 82.0 cm³/mol. The molecule has 0 amide bonds. The van der Waals surface area contributed by atoms with Crippen molar-refractivity contribution in [1.29, 1.82) is 0 Å². The van der Waals surface area contributed by atoms with Gasteiger partial charge in [-0.25, -0.2) is 8.42 Å². The molecule has 1 aromatic rings. The Bertz CT molecular complexity index is 583. The smallest absolute Gasteiger partial charge is 0.150 e. The van der Waals surface area contributed by atoms with E-state index in [0.717, 1.165) is 23.6 Å². The third-order valence-electron chi connectivity index (χ3n) is 4.32. The first kappa shape index (κ1) is 14.4. The SMILES string of the molecule is O=S1(=O)CCC(C(CNC2CC2)c2cccc(Cl)c2)C1. The first-order chi connectivity index (χ1) is 9.53. The molecule has 2 aliphatic rings. The molecule has 1 aliphatic carbocycles. The third kappa shape index (κ3) is 3.54. The molecule has 0 aromatic heterocycles. The molecule has 1 saturated carbocycles. The van der Waals surface area contributed by atoms with Gasteiger partial charge < -0.3 is 5.32 Å². The topological polar surface area (TPSA) is 46.2 Å². The molecule has 1 heterocycles. The maximum atomic E-state index is 11.7. The molecule has 3 nitrogen and oxygen atoms in total. The van der Waals surface area contributed by atoms with Crippen LogP contribution in [0.1, 0.15) is 30.7 Å². The van der Waals surface area contributed by atoms with Crippen LogP contribution in [-0.4, -0.2) is 32.5 Å². The summed E-state index contributed by atoms with van der Waals surface area (Å²) in [5.74, 6) is 1.10. The Morgan fingerprint density at radius 3 is 2.70 bits per heavy atom. The van der Waals surface area contributed by atoms with E-state index in [9.17, 15) is 8.42 Å². The van der Waals surface area contributed by atoms with E-state index < -0.39 is 9.84 Å². The van der Waals surface area contributed by atoms with E-state index in [1.54, 1.807) is 0 Å². The van der Waals surface area contributed by atoms with Gasteiger partial charge in [-0.05, 0) is 42.9 Å². The molecule has 2 atom stereocenters. The molecule has 0 bridgehead atoms. The van der Waals surface area contributed by atoms with Crippen LogP contribution in [0.5, 0.6) is 0 Å². The molecule has 0 radical (unpaired) electrons. The molecule has 1 aliphatic heterocycles. The summed E-state index contributed by atoms with van der Waals surface area (Å²) in [5.41, 5.74) is 1.16. The molecule has 0 spiro atoms. The average Bonchev–Trinajstić information content (AvgIpc) is 3.14. The van der Waals surface area contributed by atoms with Crippen molar-refractivity contribution >= 4 is 21.4 Å². The molecule has 1 N–H and O–H groups in total. The second-order valence-corrected chi connectivity index (χ2v) is 8.67. The van der Waals surface area contributed by atoms with Crippen LogP contribution in [0.15, 0.2) is 24.3 Å². The molecule has 2 fully saturated rings. The van der Waals surface area contributed by atoms with E-state index >= 15 is 0 Å². The van der Waals surface area contributed by atoms with Gasteiger partial charge in [-0.3, -0.25) is 0 Å². The standard InChI is InChI=1S/C15H20ClNO2S/c16-13-3-1-2-11(8-13)15(9-17-14-4-5-14)12-6-7-20(18,19)10-12/h1-3,8,12,14-15,17H,4-7,9-10H2.